The second-order valence-electron chi connectivity index (χ2n) is 9.08. The lowest BCUT2D eigenvalue weighted by atomic mass is 10.1. The van der Waals surface area contributed by atoms with Crippen LogP contribution in [-0.2, 0) is 27.4 Å². The maximum Gasteiger partial charge on any atom is 0.250 e. The Morgan fingerprint density at radius 3 is 2.73 bits per heavy atom. The second-order valence-corrected chi connectivity index (χ2v) is 9.49. The van der Waals surface area contributed by atoms with E-state index in [1.165, 1.54) is 9.58 Å². The van der Waals surface area contributed by atoms with Gasteiger partial charge in [0.15, 0.2) is 6.04 Å². The fourth-order valence-corrected chi connectivity index (χ4v) is 4.72. The van der Waals surface area contributed by atoms with Crippen LogP contribution >= 0.6 is 11.6 Å². The molecule has 0 bridgehead atoms. The monoisotopic (exact) mass is 521 g/mol. The first-order valence-corrected chi connectivity index (χ1v) is 12.6. The third-order valence-electron chi connectivity index (χ3n) is 6.44. The zero-order valence-corrected chi connectivity index (χ0v) is 21.2. The summed E-state index contributed by atoms with van der Waals surface area (Å²) >= 11 is 6.47. The first-order valence-electron chi connectivity index (χ1n) is 12.3. The molecule has 1 aliphatic rings. The van der Waals surface area contributed by atoms with E-state index in [1.807, 2.05) is 42.5 Å². The molecule has 2 aromatic carbocycles. The molecule has 2 aromatic heterocycles. The zero-order valence-electron chi connectivity index (χ0n) is 20.5. The van der Waals surface area contributed by atoms with E-state index in [-0.39, 0.29) is 31.0 Å². The molecule has 1 N–H and O–H groups in total. The summed E-state index contributed by atoms with van der Waals surface area (Å²) in [7, 11) is 0. The molecule has 1 aliphatic heterocycles. The van der Waals surface area contributed by atoms with Gasteiger partial charge in [0, 0.05) is 24.7 Å². The van der Waals surface area contributed by atoms with Gasteiger partial charge in [-0.15, -0.1) is 5.10 Å². The lowest BCUT2D eigenvalue weighted by Crippen LogP contribution is -2.46. The van der Waals surface area contributed by atoms with Gasteiger partial charge >= 0.3 is 0 Å². The van der Waals surface area contributed by atoms with Gasteiger partial charge in [-0.25, -0.2) is 4.68 Å². The number of carbonyl (C=O) groups is 2. The molecular weight excluding hydrogens is 494 g/mol. The van der Waals surface area contributed by atoms with E-state index < -0.39 is 6.04 Å². The number of aromatic nitrogens is 3. The molecule has 1 saturated heterocycles. The van der Waals surface area contributed by atoms with Crippen molar-refractivity contribution in [1.29, 1.82) is 0 Å². The number of nitrogens with zero attached hydrogens (tertiary/aromatic N) is 4. The van der Waals surface area contributed by atoms with Crippen LogP contribution in [0.1, 0.15) is 36.0 Å². The van der Waals surface area contributed by atoms with Crippen LogP contribution in [-0.4, -0.2) is 51.0 Å². The Kier molecular flexibility index (Phi) is 7.52. The molecule has 0 aliphatic carbocycles. The molecule has 0 saturated carbocycles. The molecule has 10 heteroatoms. The van der Waals surface area contributed by atoms with Gasteiger partial charge in [-0.2, -0.15) is 0 Å². The number of hydrogen-bond donors (Lipinski definition) is 1. The van der Waals surface area contributed by atoms with E-state index in [9.17, 15) is 9.59 Å². The third kappa shape index (κ3) is 5.68. The summed E-state index contributed by atoms with van der Waals surface area (Å²) in [5.74, 6) is 0.320. The van der Waals surface area contributed by atoms with Crippen molar-refractivity contribution in [2.75, 3.05) is 13.2 Å². The number of furan rings is 1. The van der Waals surface area contributed by atoms with Gasteiger partial charge in [0.25, 0.3) is 5.91 Å². The van der Waals surface area contributed by atoms with Gasteiger partial charge in [-0.05, 0) is 55.7 Å². The van der Waals surface area contributed by atoms with E-state index in [0.717, 1.165) is 18.4 Å². The molecule has 9 nitrogen and oxygen atoms in total. The van der Waals surface area contributed by atoms with Gasteiger partial charge in [0.05, 0.1) is 11.6 Å². The number of amides is 2. The van der Waals surface area contributed by atoms with Crippen LogP contribution < -0.4 is 5.32 Å². The lowest BCUT2D eigenvalue weighted by Gasteiger charge is -2.30. The first-order chi connectivity index (χ1) is 18.0. The van der Waals surface area contributed by atoms with Crippen LogP contribution in [0, 0.1) is 6.92 Å². The molecule has 5 rings (SSSR count). The standard InChI is InChI=1S/C27H28ClN5O4/c1-18-12-13-24(37-18)26(27(35)29-15-20-8-6-14-36-20)32(16-19-7-2-3-9-21(19)28)25(34)17-33-23-11-5-4-10-22(23)30-31-33/h2-5,7,9-13,20,26H,6,8,14-17H2,1H3,(H,29,35). The SMILES string of the molecule is Cc1ccc(C(C(=O)NCC2CCCO2)N(Cc2ccccc2Cl)C(=O)Cn2nnc3ccccc32)o1. The molecule has 37 heavy (non-hydrogen) atoms. The van der Waals surface area contributed by atoms with Crippen LogP contribution in [0.15, 0.2) is 65.1 Å². The summed E-state index contributed by atoms with van der Waals surface area (Å²) in [6, 6.07) is 17.1. The Labute approximate surface area is 219 Å². The number of aryl methyl sites for hydroxylation is 1. The molecule has 0 radical (unpaired) electrons. The Morgan fingerprint density at radius 2 is 1.97 bits per heavy atom. The Bertz CT molecular complexity index is 1390. The van der Waals surface area contributed by atoms with Gasteiger partial charge in [-0.3, -0.25) is 9.59 Å². The molecule has 3 heterocycles. The van der Waals surface area contributed by atoms with Crippen LogP contribution in [0.3, 0.4) is 0 Å². The molecule has 2 unspecified atom stereocenters. The Morgan fingerprint density at radius 1 is 1.16 bits per heavy atom. The summed E-state index contributed by atoms with van der Waals surface area (Å²) in [5, 5.41) is 11.8. The summed E-state index contributed by atoms with van der Waals surface area (Å²) in [6.45, 7) is 2.83. The Balaban J connectivity index is 1.49. The van der Waals surface area contributed by atoms with E-state index in [4.69, 9.17) is 20.8 Å². The molecule has 192 valence electrons. The first kappa shape index (κ1) is 25.0. The molecule has 1 fully saturated rings. The molecule has 2 amide bonds. The van der Waals surface area contributed by atoms with Crippen molar-refractivity contribution in [3.05, 3.63) is 82.8 Å². The van der Waals surface area contributed by atoms with Gasteiger partial charge in [-0.1, -0.05) is 47.1 Å². The molecule has 4 aromatic rings. The minimum atomic E-state index is -1.02. The van der Waals surface area contributed by atoms with Crippen LogP contribution in [0.5, 0.6) is 0 Å². The number of nitrogens with one attached hydrogen (secondary N) is 1. The van der Waals surface area contributed by atoms with Crippen molar-refractivity contribution >= 4 is 34.4 Å². The minimum Gasteiger partial charge on any atom is -0.464 e. The number of benzene rings is 2. The molecule has 0 spiro atoms. The van der Waals surface area contributed by atoms with Crippen molar-refractivity contribution in [2.45, 2.75) is 45.0 Å². The predicted octanol–water partition coefficient (Wildman–Crippen LogP) is 4.05. The highest BCUT2D eigenvalue weighted by Crippen LogP contribution is 2.28. The molecular formula is C27H28ClN5O4. The second kappa shape index (κ2) is 11.1. The third-order valence-corrected chi connectivity index (χ3v) is 6.81. The Hall–Kier alpha value is -3.69. The lowest BCUT2D eigenvalue weighted by molar-refractivity contribution is -0.143. The topological polar surface area (TPSA) is 102 Å². The number of ether oxygens (including phenoxy) is 1. The number of halogens is 1. The average molecular weight is 522 g/mol. The van der Waals surface area contributed by atoms with Crippen LogP contribution in [0.4, 0.5) is 0 Å². The highest BCUT2D eigenvalue weighted by atomic mass is 35.5. The maximum atomic E-state index is 13.9. The number of hydrogen-bond acceptors (Lipinski definition) is 6. The largest absolute Gasteiger partial charge is 0.464 e. The number of rotatable bonds is 9. The van der Waals surface area contributed by atoms with E-state index in [2.05, 4.69) is 15.6 Å². The van der Waals surface area contributed by atoms with Crippen molar-refractivity contribution in [3.8, 4) is 0 Å². The number of para-hydroxylation sites is 1. The summed E-state index contributed by atoms with van der Waals surface area (Å²) in [6.07, 6.45) is 1.80. The van der Waals surface area contributed by atoms with Crippen LogP contribution in [0.25, 0.3) is 11.0 Å². The van der Waals surface area contributed by atoms with E-state index in [0.29, 0.717) is 40.8 Å². The van der Waals surface area contributed by atoms with Gasteiger partial charge in [0.2, 0.25) is 5.91 Å². The van der Waals surface area contributed by atoms with E-state index in [1.54, 1.807) is 25.1 Å². The fraction of sp³-hybridized carbons (Fsp3) is 0.333. The van der Waals surface area contributed by atoms with Crippen molar-refractivity contribution in [3.63, 3.8) is 0 Å². The van der Waals surface area contributed by atoms with Crippen molar-refractivity contribution in [2.24, 2.45) is 0 Å². The summed E-state index contributed by atoms with van der Waals surface area (Å²) < 4.78 is 13.1. The summed E-state index contributed by atoms with van der Waals surface area (Å²) in [5.41, 5.74) is 2.11. The van der Waals surface area contributed by atoms with Gasteiger partial charge < -0.3 is 19.4 Å². The predicted molar refractivity (Wildman–Crippen MR) is 138 cm³/mol. The average Bonchev–Trinajstić information content (AvgIpc) is 3.66. The van der Waals surface area contributed by atoms with Crippen LogP contribution in [0.2, 0.25) is 5.02 Å². The quantitative estimate of drug-likeness (QED) is 0.356. The maximum absolute atomic E-state index is 13.9. The molecule has 2 atom stereocenters. The fourth-order valence-electron chi connectivity index (χ4n) is 4.53. The minimum absolute atomic E-state index is 0.0443. The summed E-state index contributed by atoms with van der Waals surface area (Å²) in [4.78, 5) is 29.0. The van der Waals surface area contributed by atoms with Gasteiger partial charge in [0.1, 0.15) is 23.6 Å². The van der Waals surface area contributed by atoms with Crippen molar-refractivity contribution < 1.29 is 18.7 Å². The number of carbonyl (C=O) groups excluding carboxylic acids is 2. The normalized spacial score (nSPS) is 16.1. The van der Waals surface area contributed by atoms with Crippen molar-refractivity contribution in [1.82, 2.24) is 25.2 Å². The van der Waals surface area contributed by atoms with E-state index >= 15 is 0 Å². The highest BCUT2D eigenvalue weighted by molar-refractivity contribution is 6.31. The number of fused-ring (bicyclic) bond motifs is 1. The zero-order chi connectivity index (χ0) is 25.8. The highest BCUT2D eigenvalue weighted by Gasteiger charge is 2.35. The smallest absolute Gasteiger partial charge is 0.250 e.